The van der Waals surface area contributed by atoms with E-state index in [4.69, 9.17) is 25.5 Å². The molecule has 0 fully saturated rings. The van der Waals surface area contributed by atoms with Gasteiger partial charge in [0.1, 0.15) is 17.3 Å². The molecule has 0 spiro atoms. The van der Waals surface area contributed by atoms with Crippen LogP contribution in [0.1, 0.15) is 40.5 Å². The molecule has 2 aromatic carbocycles. The summed E-state index contributed by atoms with van der Waals surface area (Å²) in [4.78, 5) is 41.8. The third-order valence-corrected chi connectivity index (χ3v) is 6.54. The van der Waals surface area contributed by atoms with Crippen LogP contribution in [0.3, 0.4) is 0 Å². The second-order valence-corrected chi connectivity index (χ2v) is 9.05. The highest BCUT2D eigenvalue weighted by molar-refractivity contribution is 6.32. The highest BCUT2D eigenvalue weighted by atomic mass is 35.5. The van der Waals surface area contributed by atoms with Gasteiger partial charge in [0.15, 0.2) is 24.8 Å². The molecule has 0 atom stereocenters. The maximum Gasteiger partial charge on any atom is 0.287 e. The number of rotatable bonds is 12. The fraction of sp³-hybridized carbons (Fsp3) is 0.321. The van der Waals surface area contributed by atoms with Gasteiger partial charge in [-0.1, -0.05) is 37.6 Å². The van der Waals surface area contributed by atoms with Gasteiger partial charge in [-0.05, 0) is 55.6 Å². The maximum absolute atomic E-state index is 12.8. The number of nitrogens with one attached hydrogen (secondary N) is 1. The summed E-state index contributed by atoms with van der Waals surface area (Å²) >= 11 is 6.10. The van der Waals surface area contributed by atoms with Gasteiger partial charge in [0, 0.05) is 18.7 Å². The first-order valence-corrected chi connectivity index (χ1v) is 12.8. The van der Waals surface area contributed by atoms with Crippen molar-refractivity contribution in [2.45, 2.75) is 20.4 Å². The molecule has 2 heterocycles. The number of ketones is 1. The highest BCUT2D eigenvalue weighted by Crippen LogP contribution is 2.34. The van der Waals surface area contributed by atoms with E-state index >= 15 is 0 Å². The number of anilines is 1. The molecule has 1 aliphatic rings. The smallest absolute Gasteiger partial charge is 0.287 e. The molecule has 0 saturated carbocycles. The standard InChI is InChI=1S/C28H30ClN3O6/c1-3-31(4-2)14-13-30-28(35)26-12-10-20(38-26)16-32-22-15-19(9-11-25(22)37-18-27(32)34)23(33)17-36-24-8-6-5-7-21(24)29/h5-12,15H,3-4,13-14,16-18H2,1-2H3,(H,30,35). The van der Waals surface area contributed by atoms with E-state index < -0.39 is 0 Å². The number of Topliss-reactive ketones (excluding diaryl/α,β-unsaturated/α-hetero) is 1. The first kappa shape index (κ1) is 27.2. The van der Waals surface area contributed by atoms with Gasteiger partial charge in [0.05, 0.1) is 17.3 Å². The number of carbonyl (C=O) groups is 3. The Kier molecular flexibility index (Phi) is 9.04. The number of carbonyl (C=O) groups excluding carboxylic acids is 3. The second-order valence-electron chi connectivity index (χ2n) is 8.64. The number of hydrogen-bond donors (Lipinski definition) is 1. The molecule has 0 bridgehead atoms. The van der Waals surface area contributed by atoms with Crippen molar-refractivity contribution in [1.82, 2.24) is 10.2 Å². The van der Waals surface area contributed by atoms with Gasteiger partial charge in [-0.25, -0.2) is 0 Å². The number of benzene rings is 2. The predicted molar refractivity (Wildman–Crippen MR) is 143 cm³/mol. The summed E-state index contributed by atoms with van der Waals surface area (Å²) in [5.41, 5.74) is 0.790. The van der Waals surface area contributed by atoms with E-state index in [1.165, 1.54) is 4.90 Å². The Morgan fingerprint density at radius 2 is 1.89 bits per heavy atom. The topological polar surface area (TPSA) is 101 Å². The lowest BCUT2D eigenvalue weighted by Gasteiger charge is -2.29. The van der Waals surface area contributed by atoms with Crippen molar-refractivity contribution in [1.29, 1.82) is 0 Å². The van der Waals surface area contributed by atoms with Gasteiger partial charge in [-0.2, -0.15) is 0 Å². The summed E-state index contributed by atoms with van der Waals surface area (Å²) in [6.07, 6.45) is 0. The van der Waals surface area contributed by atoms with E-state index in [2.05, 4.69) is 24.1 Å². The minimum absolute atomic E-state index is 0.0791. The van der Waals surface area contributed by atoms with Crippen LogP contribution in [0.5, 0.6) is 11.5 Å². The van der Waals surface area contributed by atoms with E-state index in [0.29, 0.717) is 40.1 Å². The van der Waals surface area contributed by atoms with Gasteiger partial charge >= 0.3 is 0 Å². The van der Waals surface area contributed by atoms with Crippen molar-refractivity contribution in [3.8, 4) is 11.5 Å². The zero-order valence-electron chi connectivity index (χ0n) is 21.4. The van der Waals surface area contributed by atoms with Gasteiger partial charge in [0.25, 0.3) is 11.8 Å². The van der Waals surface area contributed by atoms with E-state index in [-0.39, 0.29) is 43.1 Å². The van der Waals surface area contributed by atoms with E-state index in [9.17, 15) is 14.4 Å². The molecule has 2 amide bonds. The van der Waals surface area contributed by atoms with E-state index in [0.717, 1.165) is 19.6 Å². The SMILES string of the molecule is CCN(CC)CCNC(=O)c1ccc(CN2C(=O)COc3ccc(C(=O)COc4ccccc4Cl)cc32)o1. The van der Waals surface area contributed by atoms with E-state index in [1.807, 2.05) is 0 Å². The molecule has 38 heavy (non-hydrogen) atoms. The maximum atomic E-state index is 12.8. The number of likely N-dealkylation sites (N-methyl/N-ethyl adjacent to an activating group) is 1. The molecule has 0 saturated heterocycles. The first-order valence-electron chi connectivity index (χ1n) is 12.5. The molecule has 1 aliphatic heterocycles. The molecule has 200 valence electrons. The Morgan fingerprint density at radius 3 is 2.66 bits per heavy atom. The third-order valence-electron chi connectivity index (χ3n) is 6.23. The van der Waals surface area contributed by atoms with Crippen LogP contribution in [0, 0.1) is 0 Å². The van der Waals surface area contributed by atoms with Crippen molar-refractivity contribution >= 4 is 34.9 Å². The molecule has 0 radical (unpaired) electrons. The summed E-state index contributed by atoms with van der Waals surface area (Å²) in [7, 11) is 0. The van der Waals surface area contributed by atoms with Crippen LogP contribution >= 0.6 is 11.6 Å². The summed E-state index contributed by atoms with van der Waals surface area (Å²) in [6.45, 7) is 6.93. The Labute approximate surface area is 226 Å². The van der Waals surface area contributed by atoms with Gasteiger partial charge in [-0.3, -0.25) is 19.3 Å². The highest BCUT2D eigenvalue weighted by Gasteiger charge is 2.28. The monoisotopic (exact) mass is 539 g/mol. The number of furan rings is 1. The van der Waals surface area contributed by atoms with E-state index in [1.54, 1.807) is 54.6 Å². The summed E-state index contributed by atoms with van der Waals surface area (Å²) in [5, 5.41) is 3.26. The minimum Gasteiger partial charge on any atom is -0.484 e. The summed E-state index contributed by atoms with van der Waals surface area (Å²) in [5.74, 6) is 0.576. The lowest BCUT2D eigenvalue weighted by molar-refractivity contribution is -0.121. The molecule has 1 N–H and O–H groups in total. The Hall–Kier alpha value is -3.82. The number of hydrogen-bond acceptors (Lipinski definition) is 7. The molecule has 9 nitrogen and oxygen atoms in total. The van der Waals surface area contributed by atoms with Crippen LogP contribution in [-0.4, -0.2) is 61.9 Å². The number of amides is 2. The largest absolute Gasteiger partial charge is 0.484 e. The first-order chi connectivity index (χ1) is 18.4. The van der Waals surface area contributed by atoms with Gasteiger partial charge < -0.3 is 24.1 Å². The Bertz CT molecular complexity index is 1300. The third kappa shape index (κ3) is 6.54. The van der Waals surface area contributed by atoms with Crippen LogP contribution < -0.4 is 19.7 Å². The summed E-state index contributed by atoms with van der Waals surface area (Å²) in [6, 6.07) is 15.0. The van der Waals surface area contributed by atoms with Crippen LogP contribution in [0.2, 0.25) is 5.02 Å². The van der Waals surface area contributed by atoms with Crippen molar-refractivity contribution in [2.24, 2.45) is 0 Å². The van der Waals surface area contributed by atoms with Crippen molar-refractivity contribution in [3.05, 3.63) is 76.7 Å². The molecule has 1 aromatic heterocycles. The quantitative estimate of drug-likeness (QED) is 0.344. The van der Waals surface area contributed by atoms with Gasteiger partial charge in [-0.15, -0.1) is 0 Å². The Morgan fingerprint density at radius 1 is 1.11 bits per heavy atom. The molecular formula is C28H30ClN3O6. The zero-order valence-corrected chi connectivity index (χ0v) is 22.1. The Balaban J connectivity index is 1.43. The molecule has 0 aliphatic carbocycles. The fourth-order valence-corrected chi connectivity index (χ4v) is 4.22. The lowest BCUT2D eigenvalue weighted by Crippen LogP contribution is -2.38. The second kappa shape index (κ2) is 12.6. The zero-order chi connectivity index (χ0) is 27.1. The normalized spacial score (nSPS) is 12.7. The lowest BCUT2D eigenvalue weighted by atomic mass is 10.1. The molecule has 0 unspecified atom stereocenters. The van der Waals surface area contributed by atoms with Crippen molar-refractivity contribution in [2.75, 3.05) is 44.3 Å². The number of ether oxygens (including phenoxy) is 2. The molecule has 3 aromatic rings. The van der Waals surface area contributed by atoms with Crippen molar-refractivity contribution in [3.63, 3.8) is 0 Å². The molecular weight excluding hydrogens is 510 g/mol. The average Bonchev–Trinajstić information content (AvgIpc) is 3.40. The van der Waals surface area contributed by atoms with Crippen LogP contribution in [0.15, 0.2) is 59.0 Å². The predicted octanol–water partition coefficient (Wildman–Crippen LogP) is 4.19. The number of fused-ring (bicyclic) bond motifs is 1. The molecule has 10 heteroatoms. The average molecular weight is 540 g/mol. The van der Waals surface area contributed by atoms with Crippen LogP contribution in [0.4, 0.5) is 5.69 Å². The van der Waals surface area contributed by atoms with Crippen molar-refractivity contribution < 1.29 is 28.3 Å². The minimum atomic E-state index is -0.316. The van der Waals surface area contributed by atoms with Gasteiger partial charge in [0.2, 0.25) is 0 Å². The molecule has 4 rings (SSSR count). The fourth-order valence-electron chi connectivity index (χ4n) is 4.03. The number of nitrogens with zero attached hydrogens (tertiary/aromatic N) is 2. The number of para-hydroxylation sites is 1. The number of halogens is 1. The van der Waals surface area contributed by atoms with Crippen LogP contribution in [-0.2, 0) is 11.3 Å². The van der Waals surface area contributed by atoms with Crippen LogP contribution in [0.25, 0.3) is 0 Å². The summed E-state index contributed by atoms with van der Waals surface area (Å²) < 4.78 is 16.9.